The molecule has 0 saturated heterocycles. The van der Waals surface area contributed by atoms with E-state index in [1.54, 1.807) is 0 Å². The van der Waals surface area contributed by atoms with Crippen molar-refractivity contribution in [2.24, 2.45) is 23.7 Å². The molecular formula is C17H32O. The molecule has 0 heterocycles. The fraction of sp³-hybridized carbons (Fsp3) is 0.882. The molecule has 1 saturated carbocycles. The predicted octanol–water partition coefficient (Wildman–Crippen LogP) is 5.06. The summed E-state index contributed by atoms with van der Waals surface area (Å²) in [6.07, 6.45) is 7.73. The fourth-order valence-electron chi connectivity index (χ4n) is 3.14. The van der Waals surface area contributed by atoms with Crippen LogP contribution in [0.2, 0.25) is 0 Å². The second-order valence-corrected chi connectivity index (χ2v) is 6.81. The maximum atomic E-state index is 6.47. The van der Waals surface area contributed by atoms with E-state index in [0.29, 0.717) is 18.1 Å². The number of hydrogen-bond donors (Lipinski definition) is 0. The summed E-state index contributed by atoms with van der Waals surface area (Å²) in [4.78, 5) is 0. The highest BCUT2D eigenvalue weighted by Crippen LogP contribution is 2.36. The first kappa shape index (κ1) is 15.8. The summed E-state index contributed by atoms with van der Waals surface area (Å²) < 4.78 is 6.47. The van der Waals surface area contributed by atoms with Gasteiger partial charge in [0.1, 0.15) is 0 Å². The van der Waals surface area contributed by atoms with E-state index in [1.165, 1.54) is 19.3 Å². The van der Waals surface area contributed by atoms with E-state index in [0.717, 1.165) is 24.2 Å². The molecule has 18 heavy (non-hydrogen) atoms. The number of hydrogen-bond acceptors (Lipinski definition) is 1. The van der Waals surface area contributed by atoms with Gasteiger partial charge in [0.25, 0.3) is 0 Å². The van der Waals surface area contributed by atoms with Crippen molar-refractivity contribution in [2.45, 2.75) is 72.5 Å². The molecule has 0 N–H and O–H groups in total. The first-order valence-corrected chi connectivity index (χ1v) is 7.72. The molecule has 0 aromatic rings. The molecule has 4 atom stereocenters. The van der Waals surface area contributed by atoms with Gasteiger partial charge in [-0.05, 0) is 42.9 Å². The molecule has 1 nitrogen and oxygen atoms in total. The van der Waals surface area contributed by atoms with Crippen LogP contribution in [0.1, 0.15) is 60.3 Å². The average Bonchev–Trinajstić information content (AvgIpc) is 2.28. The van der Waals surface area contributed by atoms with Gasteiger partial charge in [0.05, 0.1) is 12.2 Å². The van der Waals surface area contributed by atoms with Crippen LogP contribution in [0.25, 0.3) is 0 Å². The van der Waals surface area contributed by atoms with Crippen LogP contribution < -0.4 is 0 Å². The highest BCUT2D eigenvalue weighted by atomic mass is 16.5. The van der Waals surface area contributed by atoms with Gasteiger partial charge >= 0.3 is 0 Å². The molecule has 0 spiro atoms. The second-order valence-electron chi connectivity index (χ2n) is 6.81. The minimum atomic E-state index is 0.346. The third kappa shape index (κ3) is 4.42. The van der Waals surface area contributed by atoms with Gasteiger partial charge in [-0.3, -0.25) is 0 Å². The highest BCUT2D eigenvalue weighted by molar-refractivity contribution is 4.84. The van der Waals surface area contributed by atoms with Crippen molar-refractivity contribution in [2.75, 3.05) is 0 Å². The van der Waals surface area contributed by atoms with Crippen LogP contribution in [0.4, 0.5) is 0 Å². The maximum absolute atomic E-state index is 6.47. The maximum Gasteiger partial charge on any atom is 0.0636 e. The van der Waals surface area contributed by atoms with Crippen LogP contribution in [0.3, 0.4) is 0 Å². The molecule has 0 aromatic carbocycles. The van der Waals surface area contributed by atoms with Gasteiger partial charge in [-0.15, -0.1) is 6.58 Å². The van der Waals surface area contributed by atoms with Gasteiger partial charge < -0.3 is 4.74 Å². The van der Waals surface area contributed by atoms with E-state index in [-0.39, 0.29) is 0 Å². The van der Waals surface area contributed by atoms with Crippen LogP contribution in [0.15, 0.2) is 12.7 Å². The van der Waals surface area contributed by atoms with E-state index >= 15 is 0 Å². The molecular weight excluding hydrogens is 220 g/mol. The standard InChI is InChI=1S/C17H32O/c1-7-8-16(13(4)5)18-17-11-14(6)9-10-15(17)12(2)3/h7,12-17H,1,8-11H2,2-6H3/t14-,15+,16?,17-/m1/s1. The zero-order valence-electron chi connectivity index (χ0n) is 13.0. The van der Waals surface area contributed by atoms with E-state index < -0.39 is 0 Å². The Morgan fingerprint density at radius 1 is 1.22 bits per heavy atom. The lowest BCUT2D eigenvalue weighted by atomic mass is 9.75. The Morgan fingerprint density at radius 3 is 2.39 bits per heavy atom. The van der Waals surface area contributed by atoms with E-state index in [1.807, 2.05) is 6.08 Å². The highest BCUT2D eigenvalue weighted by Gasteiger charge is 2.33. The summed E-state index contributed by atoms with van der Waals surface area (Å²) >= 11 is 0. The van der Waals surface area contributed by atoms with Crippen LogP contribution in [-0.2, 0) is 4.74 Å². The Bertz CT molecular complexity index is 244. The van der Waals surface area contributed by atoms with Gasteiger partial charge in [0, 0.05) is 0 Å². The average molecular weight is 252 g/mol. The zero-order chi connectivity index (χ0) is 13.7. The molecule has 0 amide bonds. The van der Waals surface area contributed by atoms with E-state index in [9.17, 15) is 0 Å². The Hall–Kier alpha value is -0.300. The van der Waals surface area contributed by atoms with Gasteiger partial charge in [0.15, 0.2) is 0 Å². The monoisotopic (exact) mass is 252 g/mol. The van der Waals surface area contributed by atoms with Crippen LogP contribution in [0, 0.1) is 23.7 Å². The zero-order valence-corrected chi connectivity index (χ0v) is 13.0. The van der Waals surface area contributed by atoms with Crippen LogP contribution in [0.5, 0.6) is 0 Å². The van der Waals surface area contributed by atoms with Crippen molar-refractivity contribution >= 4 is 0 Å². The van der Waals surface area contributed by atoms with Crippen LogP contribution in [-0.4, -0.2) is 12.2 Å². The van der Waals surface area contributed by atoms with E-state index in [2.05, 4.69) is 41.2 Å². The first-order chi connectivity index (χ1) is 8.45. The molecule has 1 aliphatic carbocycles. The Labute approximate surface area is 114 Å². The van der Waals surface area contributed by atoms with Crippen molar-refractivity contribution in [3.63, 3.8) is 0 Å². The summed E-state index contributed by atoms with van der Waals surface area (Å²) in [6, 6.07) is 0. The lowest BCUT2D eigenvalue weighted by molar-refractivity contribution is -0.0937. The quantitative estimate of drug-likeness (QED) is 0.600. The molecule has 1 rings (SSSR count). The SMILES string of the molecule is C=CCC(O[C@@H]1C[C@H](C)CC[C@H]1C(C)C)C(C)C. The van der Waals surface area contributed by atoms with Crippen molar-refractivity contribution in [1.82, 2.24) is 0 Å². The normalized spacial score (nSPS) is 30.7. The summed E-state index contributed by atoms with van der Waals surface area (Å²) in [5.74, 6) is 2.88. The smallest absolute Gasteiger partial charge is 0.0636 e. The molecule has 1 fully saturated rings. The van der Waals surface area contributed by atoms with Crippen molar-refractivity contribution < 1.29 is 4.74 Å². The van der Waals surface area contributed by atoms with Gasteiger partial charge in [0.2, 0.25) is 0 Å². The Balaban J connectivity index is 2.66. The lowest BCUT2D eigenvalue weighted by Crippen LogP contribution is -2.38. The third-order valence-electron chi connectivity index (χ3n) is 4.45. The fourth-order valence-corrected chi connectivity index (χ4v) is 3.14. The molecule has 0 aliphatic heterocycles. The van der Waals surface area contributed by atoms with Crippen LogP contribution >= 0.6 is 0 Å². The minimum Gasteiger partial charge on any atom is -0.374 e. The Kier molecular flexibility index (Phi) is 6.42. The van der Waals surface area contributed by atoms with Gasteiger partial charge in [-0.25, -0.2) is 0 Å². The molecule has 0 aromatic heterocycles. The number of ether oxygens (including phenoxy) is 1. The first-order valence-electron chi connectivity index (χ1n) is 7.72. The molecule has 106 valence electrons. The second kappa shape index (κ2) is 7.33. The van der Waals surface area contributed by atoms with Crippen molar-refractivity contribution in [3.05, 3.63) is 12.7 Å². The lowest BCUT2D eigenvalue weighted by Gasteiger charge is -2.39. The Morgan fingerprint density at radius 2 is 1.89 bits per heavy atom. The molecule has 0 radical (unpaired) electrons. The molecule has 1 unspecified atom stereocenters. The van der Waals surface area contributed by atoms with Gasteiger partial charge in [-0.1, -0.05) is 47.1 Å². The largest absolute Gasteiger partial charge is 0.374 e. The molecule has 1 aliphatic rings. The van der Waals surface area contributed by atoms with E-state index in [4.69, 9.17) is 4.74 Å². The minimum absolute atomic E-state index is 0.346. The molecule has 1 heteroatoms. The number of rotatable bonds is 6. The topological polar surface area (TPSA) is 9.23 Å². The van der Waals surface area contributed by atoms with Crippen molar-refractivity contribution in [1.29, 1.82) is 0 Å². The summed E-state index contributed by atoms with van der Waals surface area (Å²) in [5, 5.41) is 0. The summed E-state index contributed by atoms with van der Waals surface area (Å²) in [7, 11) is 0. The summed E-state index contributed by atoms with van der Waals surface area (Å²) in [6.45, 7) is 15.4. The summed E-state index contributed by atoms with van der Waals surface area (Å²) in [5.41, 5.74) is 0. The van der Waals surface area contributed by atoms with Crippen molar-refractivity contribution in [3.8, 4) is 0 Å². The predicted molar refractivity (Wildman–Crippen MR) is 79.7 cm³/mol. The molecule has 0 bridgehead atoms. The van der Waals surface area contributed by atoms with Gasteiger partial charge in [-0.2, -0.15) is 0 Å². The third-order valence-corrected chi connectivity index (χ3v) is 4.45.